The van der Waals surface area contributed by atoms with Gasteiger partial charge >= 0.3 is 0 Å². The fraction of sp³-hybridized carbons (Fsp3) is 0.211. The van der Waals surface area contributed by atoms with E-state index in [0.29, 0.717) is 34.7 Å². The maximum Gasteiger partial charge on any atom is 0.241 e. The molecule has 7 nitrogen and oxygen atoms in total. The van der Waals surface area contributed by atoms with Gasteiger partial charge in [-0.25, -0.2) is 0 Å². The summed E-state index contributed by atoms with van der Waals surface area (Å²) in [6, 6.07) is 12.7. The molecule has 0 atom stereocenters. The van der Waals surface area contributed by atoms with Crippen LogP contribution in [0.5, 0.6) is 5.75 Å². The molecule has 3 rings (SSSR count). The number of amides is 1. The number of aromatic nitrogens is 2. The number of hydrogen-bond acceptors (Lipinski definition) is 6. The quantitative estimate of drug-likeness (QED) is 0.562. The van der Waals surface area contributed by atoms with Crippen LogP contribution < -0.4 is 10.1 Å². The smallest absolute Gasteiger partial charge is 0.241 e. The lowest BCUT2D eigenvalue weighted by Gasteiger charge is -2.15. The van der Waals surface area contributed by atoms with E-state index in [1.165, 1.54) is 7.11 Å². The Balaban J connectivity index is 1.59. The summed E-state index contributed by atoms with van der Waals surface area (Å²) in [5, 5.41) is 7.30. The van der Waals surface area contributed by atoms with Crippen molar-refractivity contribution >= 4 is 39.1 Å². The van der Waals surface area contributed by atoms with Crippen molar-refractivity contribution in [2.75, 3.05) is 26.0 Å². The predicted molar refractivity (Wildman–Crippen MR) is 110 cm³/mol. The first-order valence-corrected chi connectivity index (χ1v) is 9.52. The topological polar surface area (TPSA) is 80.5 Å². The Hall–Kier alpha value is -2.42. The molecule has 1 aromatic heterocycles. The third-order valence-electron chi connectivity index (χ3n) is 3.81. The highest BCUT2D eigenvalue weighted by Crippen LogP contribution is 2.27. The molecular weight excluding hydrogens is 448 g/mol. The van der Waals surface area contributed by atoms with E-state index in [9.17, 15) is 4.79 Å². The maximum atomic E-state index is 12.3. The molecule has 0 unspecified atom stereocenters. The Morgan fingerprint density at radius 2 is 2.14 bits per heavy atom. The normalized spacial score (nSPS) is 10.9. The third-order valence-corrected chi connectivity index (χ3v) is 4.53. The van der Waals surface area contributed by atoms with Crippen LogP contribution in [0, 0.1) is 0 Å². The van der Waals surface area contributed by atoms with Gasteiger partial charge in [0, 0.05) is 15.1 Å². The zero-order chi connectivity index (χ0) is 20.1. The minimum Gasteiger partial charge on any atom is -0.495 e. The van der Waals surface area contributed by atoms with E-state index >= 15 is 0 Å². The number of methoxy groups -OCH3 is 1. The minimum absolute atomic E-state index is 0.129. The van der Waals surface area contributed by atoms with Crippen LogP contribution in [0.4, 0.5) is 5.69 Å². The van der Waals surface area contributed by atoms with Gasteiger partial charge in [0.05, 0.1) is 25.9 Å². The molecule has 0 aliphatic heterocycles. The summed E-state index contributed by atoms with van der Waals surface area (Å²) in [6.45, 7) is 0.464. The molecule has 1 N–H and O–H groups in total. The number of likely N-dealkylation sites (N-methyl/N-ethyl adjacent to an activating group) is 1. The predicted octanol–water partition coefficient (Wildman–Crippen LogP) is 4.23. The van der Waals surface area contributed by atoms with Crippen molar-refractivity contribution in [3.63, 3.8) is 0 Å². The summed E-state index contributed by atoms with van der Waals surface area (Å²) in [4.78, 5) is 18.5. The van der Waals surface area contributed by atoms with Gasteiger partial charge in [0.2, 0.25) is 17.6 Å². The fourth-order valence-electron chi connectivity index (χ4n) is 2.56. The molecule has 0 radical (unpaired) electrons. The molecule has 2 aromatic carbocycles. The highest BCUT2D eigenvalue weighted by atomic mass is 79.9. The summed E-state index contributed by atoms with van der Waals surface area (Å²) >= 11 is 9.40. The van der Waals surface area contributed by atoms with Crippen molar-refractivity contribution < 1.29 is 14.1 Å². The Kier molecular flexibility index (Phi) is 6.66. The number of benzene rings is 2. The van der Waals surface area contributed by atoms with Crippen LogP contribution in [0.3, 0.4) is 0 Å². The fourth-order valence-corrected chi connectivity index (χ4v) is 3.13. The van der Waals surface area contributed by atoms with Crippen molar-refractivity contribution in [1.29, 1.82) is 0 Å². The monoisotopic (exact) mass is 464 g/mol. The summed E-state index contributed by atoms with van der Waals surface area (Å²) < 4.78 is 11.5. The standard InChI is InChI=1S/C19H18BrClN4O3/c1-25(10-17(26)22-15-9-14(21)6-7-16(15)27-2)11-18-23-19(24-28-18)12-4-3-5-13(20)8-12/h3-9H,10-11H2,1-2H3,(H,22,26). The molecule has 1 heterocycles. The molecular formula is C19H18BrClN4O3. The van der Waals surface area contributed by atoms with Crippen molar-refractivity contribution in [2.45, 2.75) is 6.54 Å². The number of rotatable bonds is 7. The van der Waals surface area contributed by atoms with Gasteiger partial charge in [-0.05, 0) is 37.4 Å². The number of hydrogen-bond donors (Lipinski definition) is 1. The van der Waals surface area contributed by atoms with E-state index in [0.717, 1.165) is 10.0 Å². The number of ether oxygens (including phenoxy) is 1. The number of nitrogens with one attached hydrogen (secondary N) is 1. The van der Waals surface area contributed by atoms with Gasteiger partial charge in [-0.1, -0.05) is 44.8 Å². The second-order valence-electron chi connectivity index (χ2n) is 6.09. The number of carbonyl (C=O) groups is 1. The first-order chi connectivity index (χ1) is 13.4. The molecule has 0 bridgehead atoms. The number of carbonyl (C=O) groups excluding carboxylic acids is 1. The molecule has 0 aliphatic carbocycles. The Morgan fingerprint density at radius 1 is 1.32 bits per heavy atom. The molecule has 0 aliphatic rings. The van der Waals surface area contributed by atoms with Crippen molar-refractivity contribution in [3.8, 4) is 17.1 Å². The second kappa shape index (κ2) is 9.18. The lowest BCUT2D eigenvalue weighted by atomic mass is 10.2. The van der Waals surface area contributed by atoms with E-state index < -0.39 is 0 Å². The van der Waals surface area contributed by atoms with Crippen LogP contribution in [0.25, 0.3) is 11.4 Å². The Bertz CT molecular complexity index is 979. The number of halogens is 2. The molecule has 9 heteroatoms. The average molecular weight is 466 g/mol. The molecule has 3 aromatic rings. The van der Waals surface area contributed by atoms with Crippen LogP contribution in [0.15, 0.2) is 51.5 Å². The zero-order valence-electron chi connectivity index (χ0n) is 15.3. The Labute approximate surface area is 175 Å². The van der Waals surface area contributed by atoms with Crippen LogP contribution in [0.1, 0.15) is 5.89 Å². The van der Waals surface area contributed by atoms with Crippen LogP contribution in [0.2, 0.25) is 5.02 Å². The molecule has 146 valence electrons. The Morgan fingerprint density at radius 3 is 2.89 bits per heavy atom. The summed E-state index contributed by atoms with van der Waals surface area (Å²) in [7, 11) is 3.32. The van der Waals surface area contributed by atoms with Crippen LogP contribution >= 0.6 is 27.5 Å². The van der Waals surface area contributed by atoms with Gasteiger partial charge in [-0.3, -0.25) is 9.69 Å². The largest absolute Gasteiger partial charge is 0.495 e. The minimum atomic E-state index is -0.213. The average Bonchev–Trinajstić information content (AvgIpc) is 3.10. The van der Waals surface area contributed by atoms with Gasteiger partial charge in [-0.15, -0.1) is 0 Å². The molecule has 0 spiro atoms. The molecule has 0 saturated heterocycles. The third kappa shape index (κ3) is 5.31. The summed E-state index contributed by atoms with van der Waals surface area (Å²) in [6.07, 6.45) is 0. The first kappa shape index (κ1) is 20.3. The van der Waals surface area contributed by atoms with E-state index in [4.69, 9.17) is 20.9 Å². The number of nitrogens with zero attached hydrogens (tertiary/aromatic N) is 3. The number of anilines is 1. The second-order valence-corrected chi connectivity index (χ2v) is 7.44. The SMILES string of the molecule is COc1ccc(Cl)cc1NC(=O)CN(C)Cc1nc(-c2cccc(Br)c2)no1. The maximum absolute atomic E-state index is 12.3. The van der Waals surface area contributed by atoms with Gasteiger partial charge in [0.25, 0.3) is 0 Å². The lowest BCUT2D eigenvalue weighted by molar-refractivity contribution is -0.117. The summed E-state index contributed by atoms with van der Waals surface area (Å²) in [5.41, 5.74) is 1.36. The van der Waals surface area contributed by atoms with Crippen LogP contribution in [-0.2, 0) is 11.3 Å². The van der Waals surface area contributed by atoms with Crippen molar-refractivity contribution in [1.82, 2.24) is 15.0 Å². The molecule has 0 fully saturated rings. The van der Waals surface area contributed by atoms with Gasteiger partial charge < -0.3 is 14.6 Å². The highest BCUT2D eigenvalue weighted by Gasteiger charge is 2.14. The first-order valence-electron chi connectivity index (χ1n) is 8.35. The van der Waals surface area contributed by atoms with E-state index in [2.05, 4.69) is 31.4 Å². The van der Waals surface area contributed by atoms with Gasteiger partial charge in [-0.2, -0.15) is 4.98 Å². The summed E-state index contributed by atoms with van der Waals surface area (Å²) in [5.74, 6) is 1.24. The molecule has 0 saturated carbocycles. The molecule has 1 amide bonds. The van der Waals surface area contributed by atoms with E-state index in [1.54, 1.807) is 30.1 Å². The van der Waals surface area contributed by atoms with Crippen molar-refractivity contribution in [2.24, 2.45) is 0 Å². The van der Waals surface area contributed by atoms with Gasteiger partial charge in [0.15, 0.2) is 0 Å². The van der Waals surface area contributed by atoms with E-state index in [-0.39, 0.29) is 12.5 Å². The lowest BCUT2D eigenvalue weighted by Crippen LogP contribution is -2.30. The van der Waals surface area contributed by atoms with Gasteiger partial charge in [0.1, 0.15) is 5.75 Å². The highest BCUT2D eigenvalue weighted by molar-refractivity contribution is 9.10. The van der Waals surface area contributed by atoms with E-state index in [1.807, 2.05) is 24.3 Å². The van der Waals surface area contributed by atoms with Crippen molar-refractivity contribution in [3.05, 3.63) is 57.9 Å². The zero-order valence-corrected chi connectivity index (χ0v) is 17.6. The van der Waals surface area contributed by atoms with Crippen LogP contribution in [-0.4, -0.2) is 41.6 Å². The molecule has 28 heavy (non-hydrogen) atoms.